The minimum atomic E-state index is -0.209. The largest absolute Gasteiger partial charge is 0.297 e. The lowest BCUT2D eigenvalue weighted by molar-refractivity contribution is -0.111. The van der Waals surface area contributed by atoms with Crippen LogP contribution in [0.2, 0.25) is 0 Å². The molecule has 0 saturated heterocycles. The molecule has 3 aromatic rings. The minimum Gasteiger partial charge on any atom is -0.297 e. The molecule has 4 nitrogen and oxygen atoms in total. The number of rotatable bonds is 5. The number of carbonyl (C=O) groups excluding carboxylic acids is 1. The van der Waals surface area contributed by atoms with Crippen LogP contribution < -0.4 is 5.32 Å². The Balaban J connectivity index is 1.59. The molecule has 0 bridgehead atoms. The Bertz CT molecular complexity index is 856. The lowest BCUT2D eigenvalue weighted by atomic mass is 10.1. The van der Waals surface area contributed by atoms with Crippen molar-refractivity contribution in [2.45, 2.75) is 13.3 Å². The lowest BCUT2D eigenvalue weighted by Gasteiger charge is -1.97. The summed E-state index contributed by atoms with van der Waals surface area (Å²) in [5.41, 5.74) is 3.32. The normalized spacial score (nSPS) is 10.9. The van der Waals surface area contributed by atoms with Gasteiger partial charge in [-0.2, -0.15) is 0 Å². The molecule has 0 spiro atoms. The van der Waals surface area contributed by atoms with Gasteiger partial charge >= 0.3 is 0 Å². The molecule has 2 aromatic carbocycles. The summed E-state index contributed by atoms with van der Waals surface area (Å²) >= 11 is 1.39. The van der Waals surface area contributed by atoms with Crippen LogP contribution in [0.25, 0.3) is 6.08 Å². The molecule has 5 heteroatoms. The standard InChI is InChI=1S/C19H17N3OS/c1-14-6-5-9-16(12-14)10-11-17(23)20-19-22-21-18(24-19)13-15-7-3-2-4-8-15/h2-12H,13H2,1H3,(H,20,22,23)/b11-10+. The van der Waals surface area contributed by atoms with E-state index in [1.807, 2.05) is 61.5 Å². The Morgan fingerprint density at radius 3 is 2.75 bits per heavy atom. The first-order valence-electron chi connectivity index (χ1n) is 7.61. The van der Waals surface area contributed by atoms with Gasteiger partial charge in [0.25, 0.3) is 0 Å². The van der Waals surface area contributed by atoms with Gasteiger partial charge in [-0.15, -0.1) is 10.2 Å². The number of carbonyl (C=O) groups is 1. The van der Waals surface area contributed by atoms with E-state index in [9.17, 15) is 4.79 Å². The van der Waals surface area contributed by atoms with E-state index in [2.05, 4.69) is 15.5 Å². The number of anilines is 1. The van der Waals surface area contributed by atoms with Crippen molar-refractivity contribution in [1.82, 2.24) is 10.2 Å². The second kappa shape index (κ2) is 7.66. The maximum Gasteiger partial charge on any atom is 0.250 e. The molecular weight excluding hydrogens is 318 g/mol. The van der Waals surface area contributed by atoms with E-state index in [1.54, 1.807) is 6.08 Å². The average Bonchev–Trinajstić information content (AvgIpc) is 3.01. The lowest BCUT2D eigenvalue weighted by Crippen LogP contribution is -2.07. The van der Waals surface area contributed by atoms with Crippen molar-refractivity contribution in [3.05, 3.63) is 82.4 Å². The third-order valence-electron chi connectivity index (χ3n) is 3.36. The molecule has 24 heavy (non-hydrogen) atoms. The van der Waals surface area contributed by atoms with Gasteiger partial charge in [-0.3, -0.25) is 10.1 Å². The van der Waals surface area contributed by atoms with Gasteiger partial charge in [-0.1, -0.05) is 71.5 Å². The van der Waals surface area contributed by atoms with Gasteiger partial charge in [0.1, 0.15) is 5.01 Å². The summed E-state index contributed by atoms with van der Waals surface area (Å²) < 4.78 is 0. The molecule has 0 saturated carbocycles. The smallest absolute Gasteiger partial charge is 0.250 e. The summed E-state index contributed by atoms with van der Waals surface area (Å²) in [5, 5.41) is 12.3. The molecule has 0 radical (unpaired) electrons. The van der Waals surface area contributed by atoms with Crippen molar-refractivity contribution < 1.29 is 4.79 Å². The summed E-state index contributed by atoms with van der Waals surface area (Å²) in [4.78, 5) is 12.0. The van der Waals surface area contributed by atoms with Crippen LogP contribution in [-0.2, 0) is 11.2 Å². The van der Waals surface area contributed by atoms with Gasteiger partial charge in [0.15, 0.2) is 0 Å². The fraction of sp³-hybridized carbons (Fsp3) is 0.105. The summed E-state index contributed by atoms with van der Waals surface area (Å²) in [6.45, 7) is 2.02. The van der Waals surface area contributed by atoms with E-state index < -0.39 is 0 Å². The summed E-state index contributed by atoms with van der Waals surface area (Å²) in [6, 6.07) is 18.0. The van der Waals surface area contributed by atoms with Crippen molar-refractivity contribution >= 4 is 28.5 Å². The van der Waals surface area contributed by atoms with Crippen LogP contribution in [0.1, 0.15) is 21.7 Å². The number of aromatic nitrogens is 2. The Kier molecular flexibility index (Phi) is 5.13. The minimum absolute atomic E-state index is 0.209. The first-order chi connectivity index (χ1) is 11.7. The third-order valence-corrected chi connectivity index (χ3v) is 4.20. The van der Waals surface area contributed by atoms with Crippen molar-refractivity contribution in [2.75, 3.05) is 5.32 Å². The predicted molar refractivity (Wildman–Crippen MR) is 98.0 cm³/mol. The topological polar surface area (TPSA) is 54.9 Å². The highest BCUT2D eigenvalue weighted by molar-refractivity contribution is 7.15. The summed E-state index contributed by atoms with van der Waals surface area (Å²) in [6.07, 6.45) is 4.01. The van der Waals surface area contributed by atoms with Crippen molar-refractivity contribution in [3.8, 4) is 0 Å². The number of hydrogen-bond acceptors (Lipinski definition) is 4. The monoisotopic (exact) mass is 335 g/mol. The fourth-order valence-electron chi connectivity index (χ4n) is 2.24. The van der Waals surface area contributed by atoms with Crippen LogP contribution in [0.15, 0.2) is 60.7 Å². The first kappa shape index (κ1) is 16.1. The van der Waals surface area contributed by atoms with Crippen LogP contribution in [0.3, 0.4) is 0 Å². The molecule has 0 fully saturated rings. The average molecular weight is 335 g/mol. The third kappa shape index (κ3) is 4.60. The SMILES string of the molecule is Cc1cccc(/C=C/C(=O)Nc2nnc(Cc3ccccc3)s2)c1. The van der Waals surface area contributed by atoms with Crippen LogP contribution in [-0.4, -0.2) is 16.1 Å². The zero-order valence-electron chi connectivity index (χ0n) is 13.3. The van der Waals surface area contributed by atoms with Crippen LogP contribution in [0, 0.1) is 6.92 Å². The van der Waals surface area contributed by atoms with Gasteiger partial charge in [-0.25, -0.2) is 0 Å². The number of nitrogens with one attached hydrogen (secondary N) is 1. The molecule has 1 N–H and O–H groups in total. The number of nitrogens with zero attached hydrogens (tertiary/aromatic N) is 2. The molecule has 1 heterocycles. The van der Waals surface area contributed by atoms with E-state index in [0.717, 1.165) is 16.1 Å². The molecule has 0 unspecified atom stereocenters. The maximum atomic E-state index is 12.0. The highest BCUT2D eigenvalue weighted by Gasteiger charge is 2.07. The highest BCUT2D eigenvalue weighted by Crippen LogP contribution is 2.18. The molecule has 0 aliphatic carbocycles. The number of amides is 1. The molecular formula is C19H17N3OS. The zero-order valence-corrected chi connectivity index (χ0v) is 14.1. The number of aryl methyl sites for hydroxylation is 1. The molecule has 120 valence electrons. The molecule has 0 aliphatic rings. The highest BCUT2D eigenvalue weighted by atomic mass is 32.1. The Labute approximate surface area is 144 Å². The second-order valence-electron chi connectivity index (χ2n) is 5.40. The molecule has 3 rings (SSSR count). The fourth-order valence-corrected chi connectivity index (χ4v) is 3.02. The Hall–Kier alpha value is -2.79. The molecule has 0 aliphatic heterocycles. The second-order valence-corrected chi connectivity index (χ2v) is 6.46. The zero-order chi connectivity index (χ0) is 16.8. The van der Waals surface area contributed by atoms with Gasteiger partial charge in [0.05, 0.1) is 0 Å². The number of benzene rings is 2. The van der Waals surface area contributed by atoms with Gasteiger partial charge in [0.2, 0.25) is 11.0 Å². The van der Waals surface area contributed by atoms with E-state index in [-0.39, 0.29) is 5.91 Å². The predicted octanol–water partition coefficient (Wildman–Crippen LogP) is 4.09. The van der Waals surface area contributed by atoms with Gasteiger partial charge < -0.3 is 0 Å². The van der Waals surface area contributed by atoms with E-state index in [0.29, 0.717) is 11.6 Å². The van der Waals surface area contributed by atoms with Crippen LogP contribution in [0.5, 0.6) is 0 Å². The van der Waals surface area contributed by atoms with E-state index in [4.69, 9.17) is 0 Å². The summed E-state index contributed by atoms with van der Waals surface area (Å²) in [5.74, 6) is -0.209. The Morgan fingerprint density at radius 2 is 1.96 bits per heavy atom. The van der Waals surface area contributed by atoms with Crippen LogP contribution in [0.4, 0.5) is 5.13 Å². The quantitative estimate of drug-likeness (QED) is 0.715. The van der Waals surface area contributed by atoms with Crippen molar-refractivity contribution in [3.63, 3.8) is 0 Å². The van der Waals surface area contributed by atoms with E-state index >= 15 is 0 Å². The maximum absolute atomic E-state index is 12.0. The number of hydrogen-bond donors (Lipinski definition) is 1. The summed E-state index contributed by atoms with van der Waals surface area (Å²) in [7, 11) is 0. The Morgan fingerprint density at radius 1 is 1.12 bits per heavy atom. The van der Waals surface area contributed by atoms with E-state index in [1.165, 1.54) is 23.0 Å². The molecule has 0 atom stereocenters. The first-order valence-corrected chi connectivity index (χ1v) is 8.43. The van der Waals surface area contributed by atoms with Crippen LogP contribution >= 0.6 is 11.3 Å². The van der Waals surface area contributed by atoms with Crippen molar-refractivity contribution in [1.29, 1.82) is 0 Å². The molecule has 1 aromatic heterocycles. The van der Waals surface area contributed by atoms with Gasteiger partial charge in [-0.05, 0) is 24.1 Å². The van der Waals surface area contributed by atoms with Gasteiger partial charge in [0, 0.05) is 12.5 Å². The van der Waals surface area contributed by atoms with Crippen molar-refractivity contribution in [2.24, 2.45) is 0 Å². The molecule has 1 amide bonds.